The number of aromatic nitrogens is 2. The first-order valence-electron chi connectivity index (χ1n) is 7.95. The van der Waals surface area contributed by atoms with Crippen LogP contribution in [0.15, 0.2) is 4.47 Å². The third-order valence-electron chi connectivity index (χ3n) is 4.49. The summed E-state index contributed by atoms with van der Waals surface area (Å²) in [5.74, 6) is 0.597. The van der Waals surface area contributed by atoms with Gasteiger partial charge in [0, 0.05) is 19.1 Å². The average Bonchev–Trinajstić information content (AvgIpc) is 2.62. The van der Waals surface area contributed by atoms with Gasteiger partial charge >= 0.3 is 0 Å². The van der Waals surface area contributed by atoms with Crippen molar-refractivity contribution in [1.82, 2.24) is 15.1 Å². The molecule has 0 fully saturated rings. The summed E-state index contributed by atoms with van der Waals surface area (Å²) in [6.07, 6.45) is 1.99. The summed E-state index contributed by atoms with van der Waals surface area (Å²) in [6, 6.07) is 0. The third kappa shape index (κ3) is 4.82. The van der Waals surface area contributed by atoms with E-state index in [2.05, 4.69) is 81.9 Å². The SMILES string of the molecule is CCc1nn(C)c(CC(C)(CNC(C)(C)C)C(C)C)c1Br. The fourth-order valence-corrected chi connectivity index (χ4v) is 3.09. The molecule has 0 amide bonds. The van der Waals surface area contributed by atoms with Gasteiger partial charge in [-0.1, -0.05) is 27.7 Å². The van der Waals surface area contributed by atoms with Crippen LogP contribution in [-0.2, 0) is 19.9 Å². The summed E-state index contributed by atoms with van der Waals surface area (Å²) in [4.78, 5) is 0. The Labute approximate surface area is 139 Å². The molecule has 0 aromatic carbocycles. The number of nitrogens with zero attached hydrogens (tertiary/aromatic N) is 2. The van der Waals surface area contributed by atoms with Crippen LogP contribution in [0.5, 0.6) is 0 Å². The molecule has 0 bridgehead atoms. The number of hydrogen-bond acceptors (Lipinski definition) is 2. The maximum absolute atomic E-state index is 4.63. The summed E-state index contributed by atoms with van der Waals surface area (Å²) in [5.41, 5.74) is 2.81. The van der Waals surface area contributed by atoms with Crippen LogP contribution >= 0.6 is 15.9 Å². The van der Waals surface area contributed by atoms with Gasteiger partial charge in [0.15, 0.2) is 0 Å². The first-order valence-corrected chi connectivity index (χ1v) is 8.74. The fraction of sp³-hybridized carbons (Fsp3) is 0.824. The minimum Gasteiger partial charge on any atom is -0.312 e. The first-order chi connectivity index (χ1) is 9.50. The van der Waals surface area contributed by atoms with Crippen molar-refractivity contribution in [2.75, 3.05) is 6.54 Å². The Morgan fingerprint density at radius 2 is 1.81 bits per heavy atom. The van der Waals surface area contributed by atoms with Crippen LogP contribution in [0.3, 0.4) is 0 Å². The third-order valence-corrected chi connectivity index (χ3v) is 5.41. The van der Waals surface area contributed by atoms with E-state index in [0.29, 0.717) is 5.92 Å². The maximum atomic E-state index is 4.63. The van der Waals surface area contributed by atoms with Gasteiger partial charge in [-0.3, -0.25) is 4.68 Å². The second kappa shape index (κ2) is 6.82. The van der Waals surface area contributed by atoms with Crippen molar-refractivity contribution >= 4 is 15.9 Å². The zero-order valence-electron chi connectivity index (χ0n) is 15.0. The lowest BCUT2D eigenvalue weighted by atomic mass is 9.75. The Morgan fingerprint density at radius 3 is 2.19 bits per heavy atom. The van der Waals surface area contributed by atoms with Crippen LogP contribution in [0.4, 0.5) is 0 Å². The van der Waals surface area contributed by atoms with E-state index in [0.717, 1.165) is 25.1 Å². The van der Waals surface area contributed by atoms with Crippen molar-refractivity contribution in [3.63, 3.8) is 0 Å². The maximum Gasteiger partial charge on any atom is 0.0766 e. The molecular formula is C17H32BrN3. The van der Waals surface area contributed by atoms with E-state index in [1.54, 1.807) is 0 Å². The highest BCUT2D eigenvalue weighted by molar-refractivity contribution is 9.10. The lowest BCUT2D eigenvalue weighted by Gasteiger charge is -2.37. The van der Waals surface area contributed by atoms with Gasteiger partial charge in [0.1, 0.15) is 0 Å². The molecule has 1 atom stereocenters. The van der Waals surface area contributed by atoms with Gasteiger partial charge in [-0.15, -0.1) is 0 Å². The van der Waals surface area contributed by atoms with Gasteiger partial charge in [-0.05, 0) is 60.9 Å². The monoisotopic (exact) mass is 357 g/mol. The second-order valence-electron chi connectivity index (χ2n) is 7.77. The molecular weight excluding hydrogens is 326 g/mol. The molecule has 0 saturated heterocycles. The van der Waals surface area contributed by atoms with E-state index in [-0.39, 0.29) is 11.0 Å². The first kappa shape index (κ1) is 18.7. The second-order valence-corrected chi connectivity index (χ2v) is 8.57. The molecule has 3 nitrogen and oxygen atoms in total. The molecule has 4 heteroatoms. The highest BCUT2D eigenvalue weighted by Gasteiger charge is 2.32. The van der Waals surface area contributed by atoms with Crippen molar-refractivity contribution in [3.05, 3.63) is 15.9 Å². The van der Waals surface area contributed by atoms with Gasteiger partial charge < -0.3 is 5.32 Å². The molecule has 0 aliphatic carbocycles. The molecule has 1 N–H and O–H groups in total. The van der Waals surface area contributed by atoms with E-state index in [1.165, 1.54) is 10.2 Å². The van der Waals surface area contributed by atoms with Gasteiger partial charge in [-0.2, -0.15) is 5.10 Å². The largest absolute Gasteiger partial charge is 0.312 e. The van der Waals surface area contributed by atoms with Crippen LogP contribution in [0.25, 0.3) is 0 Å². The van der Waals surface area contributed by atoms with E-state index in [1.807, 2.05) is 4.68 Å². The normalized spacial score (nSPS) is 15.5. The lowest BCUT2D eigenvalue weighted by molar-refractivity contribution is 0.184. The van der Waals surface area contributed by atoms with Crippen molar-refractivity contribution in [3.8, 4) is 0 Å². The lowest BCUT2D eigenvalue weighted by Crippen LogP contribution is -2.46. The molecule has 1 aromatic rings. The minimum atomic E-state index is 0.147. The van der Waals surface area contributed by atoms with Crippen molar-refractivity contribution in [2.45, 2.75) is 66.8 Å². The molecule has 1 heterocycles. The van der Waals surface area contributed by atoms with Crippen molar-refractivity contribution in [2.24, 2.45) is 18.4 Å². The van der Waals surface area contributed by atoms with E-state index in [9.17, 15) is 0 Å². The van der Waals surface area contributed by atoms with Crippen LogP contribution in [-0.4, -0.2) is 21.9 Å². The number of aryl methyl sites for hydroxylation is 2. The molecule has 21 heavy (non-hydrogen) atoms. The number of rotatable bonds is 6. The van der Waals surface area contributed by atoms with Crippen LogP contribution in [0.2, 0.25) is 0 Å². The molecule has 0 aliphatic rings. The quantitative estimate of drug-likeness (QED) is 0.820. The van der Waals surface area contributed by atoms with Gasteiger partial charge in [0.25, 0.3) is 0 Å². The zero-order chi connectivity index (χ0) is 16.4. The predicted molar refractivity (Wildman–Crippen MR) is 94.7 cm³/mol. The van der Waals surface area contributed by atoms with Crippen molar-refractivity contribution < 1.29 is 0 Å². The fourth-order valence-electron chi connectivity index (χ4n) is 2.33. The number of halogens is 1. The molecule has 1 aromatic heterocycles. The summed E-state index contributed by atoms with van der Waals surface area (Å²) in [6.45, 7) is 16.8. The van der Waals surface area contributed by atoms with Crippen LogP contribution in [0.1, 0.15) is 59.9 Å². The Balaban J connectivity index is 3.00. The topological polar surface area (TPSA) is 29.9 Å². The molecule has 122 valence electrons. The zero-order valence-corrected chi connectivity index (χ0v) is 16.6. The van der Waals surface area contributed by atoms with E-state index in [4.69, 9.17) is 0 Å². The van der Waals surface area contributed by atoms with Gasteiger partial charge in [0.05, 0.1) is 15.9 Å². The van der Waals surface area contributed by atoms with Gasteiger partial charge in [0.2, 0.25) is 0 Å². The molecule has 0 radical (unpaired) electrons. The van der Waals surface area contributed by atoms with E-state index >= 15 is 0 Å². The van der Waals surface area contributed by atoms with Crippen molar-refractivity contribution in [1.29, 1.82) is 0 Å². The summed E-state index contributed by atoms with van der Waals surface area (Å²) < 4.78 is 3.23. The Bertz CT molecular complexity index is 471. The summed E-state index contributed by atoms with van der Waals surface area (Å²) in [7, 11) is 2.05. The average molecular weight is 358 g/mol. The molecule has 0 aliphatic heterocycles. The van der Waals surface area contributed by atoms with Gasteiger partial charge in [-0.25, -0.2) is 0 Å². The minimum absolute atomic E-state index is 0.147. The summed E-state index contributed by atoms with van der Waals surface area (Å²) in [5, 5.41) is 8.31. The Hall–Kier alpha value is -0.350. The number of nitrogens with one attached hydrogen (secondary N) is 1. The summed E-state index contributed by atoms with van der Waals surface area (Å²) >= 11 is 3.75. The van der Waals surface area contributed by atoms with Crippen LogP contribution < -0.4 is 5.32 Å². The molecule has 0 saturated carbocycles. The Kier molecular flexibility index (Phi) is 6.08. The standard InChI is InChI=1S/C17H32BrN3/c1-9-13-15(18)14(21(8)20-13)10-17(7,12(2)3)11-19-16(4,5)6/h12,19H,9-11H2,1-8H3. The predicted octanol–water partition coefficient (Wildman–Crippen LogP) is 4.34. The highest BCUT2D eigenvalue weighted by Crippen LogP contribution is 2.34. The molecule has 1 unspecified atom stereocenters. The molecule has 1 rings (SSSR count). The van der Waals surface area contributed by atoms with Crippen LogP contribution in [0, 0.1) is 11.3 Å². The Morgan fingerprint density at radius 1 is 1.24 bits per heavy atom. The van der Waals surface area contributed by atoms with E-state index < -0.39 is 0 Å². The smallest absolute Gasteiger partial charge is 0.0766 e. The number of hydrogen-bond donors (Lipinski definition) is 1. The molecule has 0 spiro atoms. The highest BCUT2D eigenvalue weighted by atomic mass is 79.9.